The number of aryl methyl sites for hydroxylation is 1. The van der Waals surface area contributed by atoms with Crippen molar-refractivity contribution in [2.75, 3.05) is 20.2 Å². The summed E-state index contributed by atoms with van der Waals surface area (Å²) in [6.45, 7) is 1.83. The maximum atomic E-state index is 12.9. The maximum absolute atomic E-state index is 12.9. The zero-order chi connectivity index (χ0) is 14.5. The van der Waals surface area contributed by atoms with Gasteiger partial charge in [-0.3, -0.25) is 9.58 Å². The van der Waals surface area contributed by atoms with Gasteiger partial charge in [0.2, 0.25) is 0 Å². The zero-order valence-electron chi connectivity index (χ0n) is 11.4. The Bertz CT molecular complexity index is 575. The molecule has 0 spiro atoms. The van der Waals surface area contributed by atoms with Crippen LogP contribution in [0.1, 0.15) is 5.82 Å². The lowest BCUT2D eigenvalue weighted by atomic mass is 10.3. The van der Waals surface area contributed by atoms with Gasteiger partial charge in [0, 0.05) is 13.6 Å². The molecular weight excluding hydrogens is 283 g/mol. The first-order chi connectivity index (χ1) is 9.56. The van der Waals surface area contributed by atoms with E-state index in [-0.39, 0.29) is 10.8 Å². The highest BCUT2D eigenvalue weighted by molar-refractivity contribution is 6.32. The fourth-order valence-electron chi connectivity index (χ4n) is 1.69. The van der Waals surface area contributed by atoms with Crippen LogP contribution in [0, 0.1) is 5.82 Å². The third-order valence-electron chi connectivity index (χ3n) is 2.84. The number of hydrogen-bond donors (Lipinski definition) is 0. The molecule has 0 N–H and O–H groups in total. The number of ether oxygens (including phenoxy) is 1. The molecule has 0 aliphatic rings. The monoisotopic (exact) mass is 298 g/mol. The van der Waals surface area contributed by atoms with E-state index < -0.39 is 0 Å². The molecule has 0 radical (unpaired) electrons. The van der Waals surface area contributed by atoms with E-state index in [0.29, 0.717) is 25.4 Å². The summed E-state index contributed by atoms with van der Waals surface area (Å²) in [5.41, 5.74) is 0. The first kappa shape index (κ1) is 14.7. The summed E-state index contributed by atoms with van der Waals surface area (Å²) < 4.78 is 20.1. The van der Waals surface area contributed by atoms with Gasteiger partial charge in [-0.25, -0.2) is 9.37 Å². The lowest BCUT2D eigenvalue weighted by Gasteiger charge is -2.16. The molecule has 108 valence electrons. The number of nitrogens with zero attached hydrogens (tertiary/aromatic N) is 4. The van der Waals surface area contributed by atoms with Crippen LogP contribution in [0.2, 0.25) is 5.02 Å². The number of hydrogen-bond acceptors (Lipinski definition) is 4. The Hall–Kier alpha value is -1.66. The molecular formula is C13H16ClFN4O. The number of halogens is 2. The predicted molar refractivity (Wildman–Crippen MR) is 74.2 cm³/mol. The van der Waals surface area contributed by atoms with E-state index in [2.05, 4.69) is 15.0 Å². The van der Waals surface area contributed by atoms with Crippen molar-refractivity contribution < 1.29 is 9.13 Å². The molecule has 7 heteroatoms. The fraction of sp³-hybridized carbons (Fsp3) is 0.385. The minimum Gasteiger partial charge on any atom is -0.491 e. The van der Waals surface area contributed by atoms with E-state index in [0.717, 1.165) is 5.82 Å². The topological polar surface area (TPSA) is 43.2 Å². The second-order valence-electron chi connectivity index (χ2n) is 4.46. The molecule has 1 heterocycles. The molecule has 1 aromatic heterocycles. The predicted octanol–water partition coefficient (Wildman–Crippen LogP) is 2.12. The fourth-order valence-corrected chi connectivity index (χ4v) is 1.91. The Labute approximate surface area is 121 Å². The van der Waals surface area contributed by atoms with E-state index in [1.54, 1.807) is 4.68 Å². The summed E-state index contributed by atoms with van der Waals surface area (Å²) >= 11 is 5.88. The normalized spacial score (nSPS) is 11.1. The van der Waals surface area contributed by atoms with Crippen molar-refractivity contribution in [2.24, 2.45) is 7.05 Å². The van der Waals surface area contributed by atoms with E-state index in [1.807, 2.05) is 14.1 Å². The lowest BCUT2D eigenvalue weighted by molar-refractivity contribution is 0.228. The molecule has 1 aromatic carbocycles. The van der Waals surface area contributed by atoms with Gasteiger partial charge in [-0.05, 0) is 25.2 Å². The second-order valence-corrected chi connectivity index (χ2v) is 4.87. The third-order valence-corrected chi connectivity index (χ3v) is 3.14. The van der Waals surface area contributed by atoms with Gasteiger partial charge >= 0.3 is 0 Å². The molecule has 0 unspecified atom stereocenters. The Morgan fingerprint density at radius 3 is 2.90 bits per heavy atom. The van der Waals surface area contributed by atoms with Crippen LogP contribution in [0.25, 0.3) is 0 Å². The molecule has 0 saturated heterocycles. The summed E-state index contributed by atoms with van der Waals surface area (Å²) in [6, 6.07) is 4.09. The van der Waals surface area contributed by atoms with Crippen LogP contribution in [0.4, 0.5) is 4.39 Å². The zero-order valence-corrected chi connectivity index (χ0v) is 12.1. The highest BCUT2D eigenvalue weighted by Crippen LogP contribution is 2.24. The Morgan fingerprint density at radius 2 is 2.25 bits per heavy atom. The van der Waals surface area contributed by atoms with Crippen molar-refractivity contribution in [3.8, 4) is 5.75 Å². The van der Waals surface area contributed by atoms with Crippen LogP contribution >= 0.6 is 11.6 Å². The number of aromatic nitrogens is 3. The molecule has 0 bridgehead atoms. The highest BCUT2D eigenvalue weighted by atomic mass is 35.5. The van der Waals surface area contributed by atoms with E-state index in [1.165, 1.54) is 24.5 Å². The van der Waals surface area contributed by atoms with Crippen molar-refractivity contribution in [3.05, 3.63) is 41.2 Å². The molecule has 0 aliphatic carbocycles. The minimum atomic E-state index is -0.373. The van der Waals surface area contributed by atoms with E-state index in [4.69, 9.17) is 16.3 Å². The maximum Gasteiger partial charge on any atom is 0.140 e. The Morgan fingerprint density at radius 1 is 1.45 bits per heavy atom. The molecule has 0 saturated carbocycles. The number of benzene rings is 1. The smallest absolute Gasteiger partial charge is 0.140 e. The van der Waals surface area contributed by atoms with Crippen LogP contribution < -0.4 is 4.74 Å². The average molecular weight is 299 g/mol. The quantitative estimate of drug-likeness (QED) is 0.819. The van der Waals surface area contributed by atoms with E-state index >= 15 is 0 Å². The summed E-state index contributed by atoms with van der Waals surface area (Å²) in [4.78, 5) is 6.21. The van der Waals surface area contributed by atoms with Gasteiger partial charge in [-0.2, -0.15) is 5.10 Å². The third kappa shape index (κ3) is 3.91. The molecule has 0 aliphatic heterocycles. The SMILES string of the molecule is CN(CCOc1ccc(F)cc1Cl)Cc1ncnn1C. The van der Waals surface area contributed by atoms with Crippen LogP contribution in [-0.2, 0) is 13.6 Å². The molecule has 0 fully saturated rings. The van der Waals surface area contributed by atoms with Gasteiger partial charge < -0.3 is 4.74 Å². The Kier molecular flexibility index (Phi) is 4.92. The number of rotatable bonds is 6. The van der Waals surface area contributed by atoms with Gasteiger partial charge in [-0.15, -0.1) is 0 Å². The number of likely N-dealkylation sites (N-methyl/N-ethyl adjacent to an activating group) is 1. The van der Waals surface area contributed by atoms with Crippen LogP contribution in [0.5, 0.6) is 5.75 Å². The van der Waals surface area contributed by atoms with E-state index in [9.17, 15) is 4.39 Å². The molecule has 5 nitrogen and oxygen atoms in total. The lowest BCUT2D eigenvalue weighted by Crippen LogP contribution is -2.25. The van der Waals surface area contributed by atoms with Gasteiger partial charge in [0.15, 0.2) is 0 Å². The molecule has 20 heavy (non-hydrogen) atoms. The van der Waals surface area contributed by atoms with Crippen LogP contribution in [0.15, 0.2) is 24.5 Å². The van der Waals surface area contributed by atoms with Crippen LogP contribution in [-0.4, -0.2) is 39.9 Å². The van der Waals surface area contributed by atoms with Gasteiger partial charge in [-0.1, -0.05) is 11.6 Å². The van der Waals surface area contributed by atoms with Crippen molar-refractivity contribution >= 4 is 11.6 Å². The molecule has 0 atom stereocenters. The van der Waals surface area contributed by atoms with Crippen LogP contribution in [0.3, 0.4) is 0 Å². The standard InChI is InChI=1S/C13H16ClFN4O/c1-18(8-13-16-9-17-19(13)2)5-6-20-12-4-3-10(15)7-11(12)14/h3-4,7,9H,5-6,8H2,1-2H3. The second kappa shape index (κ2) is 6.67. The summed E-state index contributed by atoms with van der Waals surface area (Å²) in [6.07, 6.45) is 1.53. The van der Waals surface area contributed by atoms with Crippen molar-refractivity contribution in [1.82, 2.24) is 19.7 Å². The highest BCUT2D eigenvalue weighted by Gasteiger charge is 2.07. The van der Waals surface area contributed by atoms with Gasteiger partial charge in [0.05, 0.1) is 11.6 Å². The summed E-state index contributed by atoms with van der Waals surface area (Å²) in [5, 5.41) is 4.29. The van der Waals surface area contributed by atoms with Crippen molar-refractivity contribution in [1.29, 1.82) is 0 Å². The van der Waals surface area contributed by atoms with Crippen molar-refractivity contribution in [2.45, 2.75) is 6.54 Å². The van der Waals surface area contributed by atoms with Gasteiger partial charge in [0.25, 0.3) is 0 Å². The first-order valence-corrected chi connectivity index (χ1v) is 6.53. The molecule has 0 amide bonds. The van der Waals surface area contributed by atoms with Crippen molar-refractivity contribution in [3.63, 3.8) is 0 Å². The largest absolute Gasteiger partial charge is 0.491 e. The minimum absolute atomic E-state index is 0.279. The summed E-state index contributed by atoms with van der Waals surface area (Å²) in [5.74, 6) is 0.995. The molecule has 2 aromatic rings. The Balaban J connectivity index is 1.79. The van der Waals surface area contributed by atoms with Gasteiger partial charge in [0.1, 0.15) is 30.3 Å². The first-order valence-electron chi connectivity index (χ1n) is 6.15. The summed E-state index contributed by atoms with van der Waals surface area (Å²) in [7, 11) is 3.81. The average Bonchev–Trinajstić information content (AvgIpc) is 2.78. The molecule has 2 rings (SSSR count).